The highest BCUT2D eigenvalue weighted by atomic mass is 35.5. The van der Waals surface area contributed by atoms with Crippen LogP contribution in [0.2, 0.25) is 10.0 Å². The van der Waals surface area contributed by atoms with E-state index < -0.39 is 0 Å². The molecule has 19 heavy (non-hydrogen) atoms. The smallest absolute Gasteiger partial charge is 0.102 e. The van der Waals surface area contributed by atoms with E-state index in [1.54, 1.807) is 18.2 Å². The van der Waals surface area contributed by atoms with Gasteiger partial charge in [0.2, 0.25) is 0 Å². The molecule has 0 aliphatic heterocycles. The summed E-state index contributed by atoms with van der Waals surface area (Å²) in [6.45, 7) is 0. The standard InChI is InChI=1S/C15H10Cl2N2/c16-13-7-6-11(8-14(13)17)15(19)12(9-18)10-4-2-1-3-5-10/h1-8H,19H2/b15-12-. The van der Waals surface area contributed by atoms with Gasteiger partial charge in [0.1, 0.15) is 6.07 Å². The Hall–Kier alpha value is -1.95. The molecule has 0 radical (unpaired) electrons. The van der Waals surface area contributed by atoms with Crippen LogP contribution in [0.3, 0.4) is 0 Å². The van der Waals surface area contributed by atoms with E-state index in [9.17, 15) is 5.26 Å². The van der Waals surface area contributed by atoms with Crippen LogP contribution in [-0.2, 0) is 0 Å². The average molecular weight is 289 g/mol. The van der Waals surface area contributed by atoms with Gasteiger partial charge in [0.05, 0.1) is 21.3 Å². The van der Waals surface area contributed by atoms with Crippen LogP contribution in [0.4, 0.5) is 0 Å². The van der Waals surface area contributed by atoms with Crippen molar-refractivity contribution >= 4 is 34.5 Å². The Morgan fingerprint density at radius 2 is 1.63 bits per heavy atom. The van der Waals surface area contributed by atoms with Gasteiger partial charge in [-0.25, -0.2) is 0 Å². The van der Waals surface area contributed by atoms with Crippen molar-refractivity contribution in [1.82, 2.24) is 0 Å². The summed E-state index contributed by atoms with van der Waals surface area (Å²) < 4.78 is 0. The number of hydrogen-bond donors (Lipinski definition) is 1. The molecule has 94 valence electrons. The molecule has 0 amide bonds. The van der Waals surface area contributed by atoms with E-state index in [0.717, 1.165) is 5.56 Å². The van der Waals surface area contributed by atoms with E-state index in [2.05, 4.69) is 6.07 Å². The molecule has 0 saturated heterocycles. The van der Waals surface area contributed by atoms with Gasteiger partial charge in [0.15, 0.2) is 0 Å². The van der Waals surface area contributed by atoms with Crippen molar-refractivity contribution in [2.45, 2.75) is 0 Å². The fraction of sp³-hybridized carbons (Fsp3) is 0. The zero-order valence-electron chi connectivity index (χ0n) is 9.90. The summed E-state index contributed by atoms with van der Waals surface area (Å²) in [5.74, 6) is 0. The van der Waals surface area contributed by atoms with E-state index in [1.807, 2.05) is 30.3 Å². The van der Waals surface area contributed by atoms with E-state index >= 15 is 0 Å². The summed E-state index contributed by atoms with van der Waals surface area (Å²) in [6.07, 6.45) is 0. The van der Waals surface area contributed by atoms with Crippen LogP contribution in [-0.4, -0.2) is 0 Å². The number of nitrogens with zero attached hydrogens (tertiary/aromatic N) is 1. The Balaban J connectivity index is 2.56. The van der Waals surface area contributed by atoms with Crippen LogP contribution >= 0.6 is 23.2 Å². The van der Waals surface area contributed by atoms with Crippen molar-refractivity contribution in [2.75, 3.05) is 0 Å². The van der Waals surface area contributed by atoms with Gasteiger partial charge in [-0.05, 0) is 17.7 Å². The van der Waals surface area contributed by atoms with E-state index in [0.29, 0.717) is 26.9 Å². The van der Waals surface area contributed by atoms with Gasteiger partial charge in [-0.1, -0.05) is 59.6 Å². The zero-order valence-corrected chi connectivity index (χ0v) is 11.4. The molecule has 0 aromatic heterocycles. The first-order chi connectivity index (χ1) is 9.13. The van der Waals surface area contributed by atoms with E-state index in [-0.39, 0.29) is 0 Å². The van der Waals surface area contributed by atoms with E-state index in [4.69, 9.17) is 28.9 Å². The number of allylic oxidation sites excluding steroid dienone is 1. The zero-order chi connectivity index (χ0) is 13.8. The van der Waals surface area contributed by atoms with Gasteiger partial charge in [0.25, 0.3) is 0 Å². The second-order valence-corrected chi connectivity index (χ2v) is 4.71. The minimum absolute atomic E-state index is 0.382. The van der Waals surface area contributed by atoms with Crippen molar-refractivity contribution in [2.24, 2.45) is 5.73 Å². The molecule has 0 unspecified atom stereocenters. The summed E-state index contributed by atoms with van der Waals surface area (Å²) in [5, 5.41) is 10.2. The van der Waals surface area contributed by atoms with Crippen LogP contribution in [0.25, 0.3) is 11.3 Å². The third kappa shape index (κ3) is 2.90. The van der Waals surface area contributed by atoms with Gasteiger partial charge in [0, 0.05) is 5.56 Å². The molecule has 0 bridgehead atoms. The Kier molecular flexibility index (Phi) is 4.11. The molecular formula is C15H10Cl2N2. The van der Waals surface area contributed by atoms with Crippen LogP contribution in [0.15, 0.2) is 48.5 Å². The SMILES string of the molecule is N#C/C(=C(/N)c1ccc(Cl)c(Cl)c1)c1ccccc1. The quantitative estimate of drug-likeness (QED) is 0.660. The lowest BCUT2D eigenvalue weighted by Gasteiger charge is -2.07. The molecule has 0 spiro atoms. The minimum Gasteiger partial charge on any atom is -0.397 e. The van der Waals surface area contributed by atoms with Crippen LogP contribution in [0, 0.1) is 11.3 Å². The summed E-state index contributed by atoms with van der Waals surface area (Å²) in [5.41, 5.74) is 8.30. The summed E-state index contributed by atoms with van der Waals surface area (Å²) >= 11 is 11.8. The summed E-state index contributed by atoms with van der Waals surface area (Å²) in [7, 11) is 0. The van der Waals surface area contributed by atoms with Crippen LogP contribution in [0.5, 0.6) is 0 Å². The molecule has 2 N–H and O–H groups in total. The number of rotatable bonds is 2. The van der Waals surface area contributed by atoms with Gasteiger partial charge in [-0.2, -0.15) is 5.26 Å². The fourth-order valence-electron chi connectivity index (χ4n) is 1.69. The maximum absolute atomic E-state index is 9.29. The second kappa shape index (κ2) is 5.79. The predicted octanol–water partition coefficient (Wildman–Crippen LogP) is 4.34. The Labute approximate surface area is 121 Å². The molecule has 0 aliphatic rings. The van der Waals surface area contributed by atoms with Crippen molar-refractivity contribution in [1.29, 1.82) is 5.26 Å². The molecule has 2 rings (SSSR count). The molecule has 2 aromatic rings. The van der Waals surface area contributed by atoms with Gasteiger partial charge >= 0.3 is 0 Å². The average Bonchev–Trinajstić information content (AvgIpc) is 2.44. The monoisotopic (exact) mass is 288 g/mol. The highest BCUT2D eigenvalue weighted by Gasteiger charge is 2.09. The number of benzene rings is 2. The van der Waals surface area contributed by atoms with Gasteiger partial charge in [-0.3, -0.25) is 0 Å². The van der Waals surface area contributed by atoms with Crippen molar-refractivity contribution < 1.29 is 0 Å². The number of hydrogen-bond acceptors (Lipinski definition) is 2. The first-order valence-corrected chi connectivity index (χ1v) is 6.29. The molecular weight excluding hydrogens is 279 g/mol. The largest absolute Gasteiger partial charge is 0.397 e. The number of halogens is 2. The topological polar surface area (TPSA) is 49.8 Å². The number of nitriles is 1. The van der Waals surface area contributed by atoms with E-state index in [1.165, 1.54) is 0 Å². The molecule has 0 saturated carbocycles. The molecule has 0 fully saturated rings. The van der Waals surface area contributed by atoms with Gasteiger partial charge in [-0.15, -0.1) is 0 Å². The normalized spacial score (nSPS) is 11.6. The maximum atomic E-state index is 9.29. The predicted molar refractivity (Wildman–Crippen MR) is 79.5 cm³/mol. The maximum Gasteiger partial charge on any atom is 0.102 e. The van der Waals surface area contributed by atoms with Crippen molar-refractivity contribution in [3.05, 3.63) is 69.7 Å². The van der Waals surface area contributed by atoms with Gasteiger partial charge < -0.3 is 5.73 Å². The lowest BCUT2D eigenvalue weighted by Crippen LogP contribution is -2.00. The lowest BCUT2D eigenvalue weighted by molar-refractivity contribution is 1.48. The molecule has 2 aromatic carbocycles. The first kappa shape index (κ1) is 13.5. The van der Waals surface area contributed by atoms with Crippen LogP contribution in [0.1, 0.15) is 11.1 Å². The number of nitrogens with two attached hydrogens (primary N) is 1. The Bertz CT molecular complexity index is 670. The fourth-order valence-corrected chi connectivity index (χ4v) is 1.99. The third-order valence-electron chi connectivity index (χ3n) is 2.67. The third-order valence-corrected chi connectivity index (χ3v) is 3.41. The highest BCUT2D eigenvalue weighted by molar-refractivity contribution is 6.42. The molecule has 4 heteroatoms. The van der Waals surface area contributed by atoms with Crippen molar-refractivity contribution in [3.8, 4) is 6.07 Å². The van der Waals surface area contributed by atoms with Crippen LogP contribution < -0.4 is 5.73 Å². The molecule has 0 aliphatic carbocycles. The second-order valence-electron chi connectivity index (χ2n) is 3.90. The highest BCUT2D eigenvalue weighted by Crippen LogP contribution is 2.28. The Morgan fingerprint density at radius 1 is 0.947 bits per heavy atom. The molecule has 2 nitrogen and oxygen atoms in total. The first-order valence-electron chi connectivity index (χ1n) is 5.54. The molecule has 0 atom stereocenters. The minimum atomic E-state index is 0.382. The Morgan fingerprint density at radius 3 is 2.21 bits per heavy atom. The summed E-state index contributed by atoms with van der Waals surface area (Å²) in [6, 6.07) is 16.4. The van der Waals surface area contributed by atoms with Crippen molar-refractivity contribution in [3.63, 3.8) is 0 Å². The lowest BCUT2D eigenvalue weighted by atomic mass is 10.0. The molecule has 0 heterocycles. The summed E-state index contributed by atoms with van der Waals surface area (Å²) in [4.78, 5) is 0.